The van der Waals surface area contributed by atoms with Gasteiger partial charge in [-0.15, -0.1) is 6.42 Å². The highest BCUT2D eigenvalue weighted by Gasteiger charge is 2.44. The van der Waals surface area contributed by atoms with Gasteiger partial charge in [0, 0.05) is 17.6 Å². The Morgan fingerprint density at radius 2 is 1.64 bits per heavy atom. The first-order chi connectivity index (χ1) is 15.3. The number of nitrogens with one attached hydrogen (secondary N) is 2. The molecule has 2 N–H and O–H groups in total. The number of benzene rings is 1. The lowest BCUT2D eigenvalue weighted by Crippen LogP contribution is -2.55. The fraction of sp³-hybridized carbons (Fsp3) is 0.577. The van der Waals surface area contributed by atoms with E-state index in [1.54, 1.807) is 49.9 Å². The molecule has 2 rings (SSSR count). The number of carbonyl (C=O) groups is 3. The summed E-state index contributed by atoms with van der Waals surface area (Å²) in [6.45, 7) is 12.8. The quantitative estimate of drug-likeness (QED) is 0.584. The van der Waals surface area contributed by atoms with Gasteiger partial charge in [-0.2, -0.15) is 0 Å². The molecule has 1 fully saturated rings. The molecule has 2 unspecified atom stereocenters. The van der Waals surface area contributed by atoms with Crippen molar-refractivity contribution < 1.29 is 19.1 Å². The summed E-state index contributed by atoms with van der Waals surface area (Å²) in [7, 11) is 0. The van der Waals surface area contributed by atoms with Crippen molar-refractivity contribution in [3.05, 3.63) is 35.4 Å². The van der Waals surface area contributed by atoms with Gasteiger partial charge in [0.15, 0.2) is 0 Å². The van der Waals surface area contributed by atoms with Crippen LogP contribution in [0.5, 0.6) is 0 Å². The van der Waals surface area contributed by atoms with Gasteiger partial charge < -0.3 is 20.3 Å². The minimum absolute atomic E-state index is 0.0746. The molecule has 7 heteroatoms. The second-order valence-electron chi connectivity index (χ2n) is 10.2. The van der Waals surface area contributed by atoms with Crippen LogP contribution in [0.4, 0.5) is 4.79 Å². The molecule has 3 amide bonds. The predicted molar refractivity (Wildman–Crippen MR) is 128 cm³/mol. The molecule has 7 nitrogen and oxygen atoms in total. The zero-order chi connectivity index (χ0) is 24.9. The van der Waals surface area contributed by atoms with Gasteiger partial charge in [-0.05, 0) is 71.1 Å². The number of carbonyl (C=O) groups excluding carboxylic acids is 3. The lowest BCUT2D eigenvalue weighted by atomic mass is 9.98. The SMILES string of the molecule is C#Cc1ccc(C(C(=O)NC(C)C)N(C(=O)C(NC(=O)OC(C)(C)C)C(C)C)C2CC2)cc1. The molecule has 2 atom stereocenters. The van der Waals surface area contributed by atoms with Crippen LogP contribution in [-0.2, 0) is 14.3 Å². The highest BCUT2D eigenvalue weighted by atomic mass is 16.6. The first-order valence-electron chi connectivity index (χ1n) is 11.5. The van der Waals surface area contributed by atoms with E-state index in [0.29, 0.717) is 11.1 Å². The fourth-order valence-electron chi connectivity index (χ4n) is 3.54. The summed E-state index contributed by atoms with van der Waals surface area (Å²) >= 11 is 0. The van der Waals surface area contributed by atoms with E-state index in [1.165, 1.54) is 0 Å². The predicted octanol–water partition coefficient (Wildman–Crippen LogP) is 3.77. The summed E-state index contributed by atoms with van der Waals surface area (Å²) in [6.07, 6.45) is 6.43. The second kappa shape index (κ2) is 10.7. The number of nitrogens with zero attached hydrogens (tertiary/aromatic N) is 1. The van der Waals surface area contributed by atoms with Crippen LogP contribution in [-0.4, -0.2) is 46.5 Å². The molecule has 180 valence electrons. The molecule has 1 aliphatic rings. The van der Waals surface area contributed by atoms with E-state index >= 15 is 0 Å². The lowest BCUT2D eigenvalue weighted by Gasteiger charge is -2.36. The van der Waals surface area contributed by atoms with Crippen LogP contribution in [0.2, 0.25) is 0 Å². The Labute approximate surface area is 197 Å². The number of hydrogen-bond donors (Lipinski definition) is 2. The topological polar surface area (TPSA) is 87.7 Å². The normalized spacial score (nSPS) is 15.4. The summed E-state index contributed by atoms with van der Waals surface area (Å²) < 4.78 is 5.38. The van der Waals surface area contributed by atoms with Crippen molar-refractivity contribution in [2.24, 2.45) is 5.92 Å². The molecule has 1 aromatic rings. The lowest BCUT2D eigenvalue weighted by molar-refractivity contribution is -0.144. The van der Waals surface area contributed by atoms with Gasteiger partial charge in [-0.25, -0.2) is 4.79 Å². The van der Waals surface area contributed by atoms with Gasteiger partial charge in [0.25, 0.3) is 0 Å². The fourth-order valence-corrected chi connectivity index (χ4v) is 3.54. The third-order valence-electron chi connectivity index (χ3n) is 5.15. The van der Waals surface area contributed by atoms with Crippen molar-refractivity contribution in [2.45, 2.75) is 91.1 Å². The van der Waals surface area contributed by atoms with Crippen LogP contribution in [0, 0.1) is 18.3 Å². The van der Waals surface area contributed by atoms with Crippen LogP contribution in [0.1, 0.15) is 78.5 Å². The summed E-state index contributed by atoms with van der Waals surface area (Å²) in [5, 5.41) is 5.67. The molecule has 0 bridgehead atoms. The molecule has 0 spiro atoms. The standard InChI is InChI=1S/C26H37N3O4/c1-9-18-10-12-19(13-11-18)22(23(30)27-17(4)5)29(20-14-15-20)24(31)21(16(2)3)28-25(32)33-26(6,7)8/h1,10-13,16-17,20-22H,14-15H2,2-8H3,(H,27,30)(H,28,32). The number of terminal acetylenes is 1. The molecule has 1 saturated carbocycles. The third kappa shape index (κ3) is 7.52. The number of alkyl carbamates (subject to hydrolysis) is 1. The smallest absolute Gasteiger partial charge is 0.408 e. The average Bonchev–Trinajstić information content (AvgIpc) is 3.52. The maximum atomic E-state index is 13.8. The van der Waals surface area contributed by atoms with Gasteiger partial charge in [0.2, 0.25) is 11.8 Å². The third-order valence-corrected chi connectivity index (χ3v) is 5.15. The number of ether oxygens (including phenoxy) is 1. The Bertz CT molecular complexity index is 890. The van der Waals surface area contributed by atoms with Gasteiger partial charge in [-0.3, -0.25) is 9.59 Å². The Balaban J connectivity index is 2.43. The highest BCUT2D eigenvalue weighted by molar-refractivity contribution is 5.92. The molecular weight excluding hydrogens is 418 g/mol. The highest BCUT2D eigenvalue weighted by Crippen LogP contribution is 2.36. The first kappa shape index (κ1) is 26.2. The largest absolute Gasteiger partial charge is 0.444 e. The average molecular weight is 456 g/mol. The molecule has 1 aromatic carbocycles. The molecule has 0 saturated heterocycles. The first-order valence-corrected chi connectivity index (χ1v) is 11.5. The van der Waals surface area contributed by atoms with Gasteiger partial charge in [0.05, 0.1) is 0 Å². The van der Waals surface area contributed by atoms with Crippen LogP contribution in [0.25, 0.3) is 0 Å². The van der Waals surface area contributed by atoms with Crippen LogP contribution >= 0.6 is 0 Å². The molecular formula is C26H37N3O4. The van der Waals surface area contributed by atoms with Crippen molar-refractivity contribution in [3.63, 3.8) is 0 Å². The Hall–Kier alpha value is -3.01. The Morgan fingerprint density at radius 3 is 2.06 bits per heavy atom. The van der Waals surface area contributed by atoms with E-state index in [9.17, 15) is 14.4 Å². The molecule has 0 heterocycles. The minimum atomic E-state index is -0.834. The molecule has 0 radical (unpaired) electrons. The van der Waals surface area contributed by atoms with E-state index < -0.39 is 23.8 Å². The molecule has 1 aliphatic carbocycles. The number of rotatable bonds is 8. The van der Waals surface area contributed by atoms with E-state index in [4.69, 9.17) is 11.2 Å². The number of hydrogen-bond acceptors (Lipinski definition) is 4. The minimum Gasteiger partial charge on any atom is -0.444 e. The Morgan fingerprint density at radius 1 is 1.06 bits per heavy atom. The maximum absolute atomic E-state index is 13.8. The van der Waals surface area contributed by atoms with Gasteiger partial charge >= 0.3 is 6.09 Å². The zero-order valence-electron chi connectivity index (χ0n) is 20.8. The monoisotopic (exact) mass is 455 g/mol. The molecule has 0 aliphatic heterocycles. The van der Waals surface area contributed by atoms with Crippen LogP contribution in [0.3, 0.4) is 0 Å². The zero-order valence-corrected chi connectivity index (χ0v) is 20.8. The van der Waals surface area contributed by atoms with Gasteiger partial charge in [-0.1, -0.05) is 31.9 Å². The van der Waals surface area contributed by atoms with E-state index in [-0.39, 0.29) is 29.8 Å². The van der Waals surface area contributed by atoms with Crippen molar-refractivity contribution in [1.29, 1.82) is 0 Å². The van der Waals surface area contributed by atoms with Crippen molar-refractivity contribution in [1.82, 2.24) is 15.5 Å². The second-order valence-corrected chi connectivity index (χ2v) is 10.2. The van der Waals surface area contributed by atoms with Crippen LogP contribution in [0.15, 0.2) is 24.3 Å². The van der Waals surface area contributed by atoms with Gasteiger partial charge in [0.1, 0.15) is 17.7 Å². The van der Waals surface area contributed by atoms with E-state index in [2.05, 4.69) is 16.6 Å². The maximum Gasteiger partial charge on any atom is 0.408 e. The molecule has 33 heavy (non-hydrogen) atoms. The van der Waals surface area contributed by atoms with Crippen LogP contribution < -0.4 is 10.6 Å². The Kier molecular flexibility index (Phi) is 8.54. The summed E-state index contributed by atoms with van der Waals surface area (Å²) in [5.74, 6) is 1.80. The van der Waals surface area contributed by atoms with Crippen molar-refractivity contribution in [3.8, 4) is 12.3 Å². The summed E-state index contributed by atoms with van der Waals surface area (Å²) in [6, 6.07) is 5.26. The molecule has 0 aromatic heterocycles. The van der Waals surface area contributed by atoms with E-state index in [1.807, 2.05) is 27.7 Å². The number of amides is 3. The summed E-state index contributed by atoms with van der Waals surface area (Å²) in [4.78, 5) is 41.3. The van der Waals surface area contributed by atoms with E-state index in [0.717, 1.165) is 12.8 Å². The van der Waals surface area contributed by atoms with Crippen molar-refractivity contribution >= 4 is 17.9 Å². The summed E-state index contributed by atoms with van der Waals surface area (Å²) in [5.41, 5.74) is 0.674. The van der Waals surface area contributed by atoms with Crippen molar-refractivity contribution in [2.75, 3.05) is 0 Å².